The molecule has 18 heavy (non-hydrogen) atoms. The van der Waals surface area contributed by atoms with Crippen LogP contribution in [0.5, 0.6) is 0 Å². The molecule has 0 N–H and O–H groups in total. The summed E-state index contributed by atoms with van der Waals surface area (Å²) in [5, 5.41) is 0. The molecule has 1 aromatic rings. The fourth-order valence-corrected chi connectivity index (χ4v) is 2.24. The zero-order valence-corrected chi connectivity index (χ0v) is 9.51. The van der Waals surface area contributed by atoms with Crippen molar-refractivity contribution in [2.75, 3.05) is 24.7 Å². The third-order valence-corrected chi connectivity index (χ3v) is 3.16. The Morgan fingerprint density at radius 1 is 1.22 bits per heavy atom. The van der Waals surface area contributed by atoms with Gasteiger partial charge in [0.2, 0.25) is 0 Å². The zero-order chi connectivity index (χ0) is 12.7. The van der Waals surface area contributed by atoms with E-state index in [1.165, 1.54) is 29.2 Å². The lowest BCUT2D eigenvalue weighted by Crippen LogP contribution is -2.45. The number of halogens is 1. The van der Waals surface area contributed by atoms with Crippen LogP contribution in [-0.4, -0.2) is 42.6 Å². The molecular formula is C12H11FN2O3. The summed E-state index contributed by atoms with van der Waals surface area (Å²) in [6.45, 7) is 1.07. The first-order valence-corrected chi connectivity index (χ1v) is 5.66. The van der Waals surface area contributed by atoms with Crippen LogP contribution >= 0.6 is 0 Å². The van der Waals surface area contributed by atoms with E-state index >= 15 is 0 Å². The molecule has 94 valence electrons. The number of amides is 3. The van der Waals surface area contributed by atoms with Gasteiger partial charge in [0.05, 0.1) is 18.9 Å². The highest BCUT2D eigenvalue weighted by molar-refractivity contribution is 6.21. The van der Waals surface area contributed by atoms with Crippen LogP contribution in [0.3, 0.4) is 0 Å². The Hall–Kier alpha value is -1.95. The Kier molecular flexibility index (Phi) is 2.52. The predicted octanol–water partition coefficient (Wildman–Crippen LogP) is 0.993. The second kappa shape index (κ2) is 4.06. The highest BCUT2D eigenvalue weighted by Gasteiger charge is 2.47. The topological polar surface area (TPSA) is 49.9 Å². The molecule has 5 nitrogen and oxygen atoms in total. The summed E-state index contributed by atoms with van der Waals surface area (Å²) in [6.07, 6.45) is 0. The van der Waals surface area contributed by atoms with Gasteiger partial charge in [-0.25, -0.2) is 14.1 Å². The SMILES string of the molecule is O=C1C2COCCN2C(=O)N1c1ccc(F)cc1. The molecule has 0 aliphatic carbocycles. The molecule has 0 radical (unpaired) electrons. The van der Waals surface area contributed by atoms with Crippen molar-refractivity contribution in [1.82, 2.24) is 4.90 Å². The molecule has 2 aliphatic heterocycles. The van der Waals surface area contributed by atoms with Gasteiger partial charge in [-0.3, -0.25) is 4.79 Å². The fourth-order valence-electron chi connectivity index (χ4n) is 2.24. The lowest BCUT2D eigenvalue weighted by molar-refractivity contribution is -0.123. The van der Waals surface area contributed by atoms with Gasteiger partial charge in [0.15, 0.2) is 0 Å². The van der Waals surface area contributed by atoms with E-state index in [9.17, 15) is 14.0 Å². The average molecular weight is 250 g/mol. The van der Waals surface area contributed by atoms with Gasteiger partial charge in [0.25, 0.3) is 5.91 Å². The fraction of sp³-hybridized carbons (Fsp3) is 0.333. The second-order valence-electron chi connectivity index (χ2n) is 4.22. The maximum atomic E-state index is 12.8. The third kappa shape index (κ3) is 1.57. The number of benzene rings is 1. The number of hydrogen-bond donors (Lipinski definition) is 0. The Morgan fingerprint density at radius 2 is 1.94 bits per heavy atom. The van der Waals surface area contributed by atoms with Crippen molar-refractivity contribution in [3.05, 3.63) is 30.1 Å². The number of anilines is 1. The van der Waals surface area contributed by atoms with Crippen LogP contribution in [-0.2, 0) is 9.53 Å². The van der Waals surface area contributed by atoms with Crippen LogP contribution in [0.2, 0.25) is 0 Å². The standard InChI is InChI=1S/C12H11FN2O3/c13-8-1-3-9(4-2-8)15-11(16)10-7-18-6-5-14(10)12(15)17/h1-4,10H,5-7H2. The van der Waals surface area contributed by atoms with Crippen molar-refractivity contribution < 1.29 is 18.7 Å². The molecule has 2 aliphatic rings. The molecule has 2 saturated heterocycles. The summed E-state index contributed by atoms with van der Waals surface area (Å²) in [5.74, 6) is -0.717. The molecular weight excluding hydrogens is 239 g/mol. The molecule has 6 heteroatoms. The molecule has 0 saturated carbocycles. The maximum absolute atomic E-state index is 12.8. The highest BCUT2D eigenvalue weighted by Crippen LogP contribution is 2.26. The number of carbonyl (C=O) groups is 2. The normalized spacial score (nSPS) is 23.5. The van der Waals surface area contributed by atoms with Crippen molar-refractivity contribution in [3.8, 4) is 0 Å². The molecule has 1 atom stereocenters. The van der Waals surface area contributed by atoms with Crippen molar-refractivity contribution in [3.63, 3.8) is 0 Å². The summed E-state index contributed by atoms with van der Waals surface area (Å²) in [6, 6.07) is 4.39. The van der Waals surface area contributed by atoms with Crippen molar-refractivity contribution in [2.45, 2.75) is 6.04 Å². The second-order valence-corrected chi connectivity index (χ2v) is 4.22. The van der Waals surface area contributed by atoms with Gasteiger partial charge in [0.1, 0.15) is 11.9 Å². The van der Waals surface area contributed by atoms with E-state index in [1.807, 2.05) is 0 Å². The third-order valence-electron chi connectivity index (χ3n) is 3.16. The van der Waals surface area contributed by atoms with Crippen LogP contribution < -0.4 is 4.90 Å². The van der Waals surface area contributed by atoms with E-state index in [2.05, 4.69) is 0 Å². The van der Waals surface area contributed by atoms with Crippen molar-refractivity contribution in [2.24, 2.45) is 0 Å². The number of rotatable bonds is 1. The summed E-state index contributed by atoms with van der Waals surface area (Å²) in [7, 11) is 0. The number of carbonyl (C=O) groups excluding carboxylic acids is 2. The maximum Gasteiger partial charge on any atom is 0.332 e. The van der Waals surface area contributed by atoms with Gasteiger partial charge in [-0.2, -0.15) is 0 Å². The minimum absolute atomic E-state index is 0.224. The quantitative estimate of drug-likeness (QED) is 0.698. The summed E-state index contributed by atoms with van der Waals surface area (Å²) < 4.78 is 18.0. The van der Waals surface area contributed by atoms with E-state index in [4.69, 9.17) is 4.74 Å². The van der Waals surface area contributed by atoms with Crippen LogP contribution in [0, 0.1) is 5.82 Å². The van der Waals surface area contributed by atoms with E-state index in [1.54, 1.807) is 0 Å². The molecule has 0 spiro atoms. The number of imide groups is 1. The van der Waals surface area contributed by atoms with Crippen LogP contribution in [0.4, 0.5) is 14.9 Å². The number of hydrogen-bond acceptors (Lipinski definition) is 3. The van der Waals surface area contributed by atoms with E-state index in [0.717, 1.165) is 4.90 Å². The minimum atomic E-state index is -0.545. The smallest absolute Gasteiger partial charge is 0.332 e. The number of morpholine rings is 1. The van der Waals surface area contributed by atoms with E-state index in [-0.39, 0.29) is 18.5 Å². The number of ether oxygens (including phenoxy) is 1. The van der Waals surface area contributed by atoms with Gasteiger partial charge in [-0.15, -0.1) is 0 Å². The molecule has 3 rings (SSSR count). The van der Waals surface area contributed by atoms with Crippen molar-refractivity contribution in [1.29, 1.82) is 0 Å². The lowest BCUT2D eigenvalue weighted by atomic mass is 10.2. The zero-order valence-electron chi connectivity index (χ0n) is 9.51. The molecule has 2 fully saturated rings. The molecule has 3 amide bonds. The van der Waals surface area contributed by atoms with E-state index in [0.29, 0.717) is 18.8 Å². The predicted molar refractivity (Wildman–Crippen MR) is 60.6 cm³/mol. The first-order chi connectivity index (χ1) is 8.68. The molecule has 1 aromatic carbocycles. The van der Waals surface area contributed by atoms with E-state index < -0.39 is 11.9 Å². The monoisotopic (exact) mass is 250 g/mol. The van der Waals surface area contributed by atoms with Gasteiger partial charge < -0.3 is 9.64 Å². The average Bonchev–Trinajstić information content (AvgIpc) is 2.64. The summed E-state index contributed by atoms with van der Waals surface area (Å²) >= 11 is 0. The first-order valence-electron chi connectivity index (χ1n) is 5.66. The Bertz CT molecular complexity index is 479. The Labute approximate surface area is 103 Å². The molecule has 0 aromatic heterocycles. The van der Waals surface area contributed by atoms with Gasteiger partial charge in [-0.05, 0) is 24.3 Å². The molecule has 1 unspecified atom stereocenters. The Balaban J connectivity index is 1.95. The van der Waals surface area contributed by atoms with Crippen LogP contribution in [0.25, 0.3) is 0 Å². The lowest BCUT2D eigenvalue weighted by Gasteiger charge is -2.26. The summed E-state index contributed by atoms with van der Waals surface area (Å²) in [4.78, 5) is 26.8. The number of urea groups is 1. The summed E-state index contributed by atoms with van der Waals surface area (Å²) in [5.41, 5.74) is 0.390. The van der Waals surface area contributed by atoms with Gasteiger partial charge >= 0.3 is 6.03 Å². The van der Waals surface area contributed by atoms with Crippen LogP contribution in [0.15, 0.2) is 24.3 Å². The largest absolute Gasteiger partial charge is 0.377 e. The first kappa shape index (κ1) is 11.2. The highest BCUT2D eigenvalue weighted by atomic mass is 19.1. The number of nitrogens with zero attached hydrogens (tertiary/aromatic N) is 2. The van der Waals surface area contributed by atoms with Crippen molar-refractivity contribution >= 4 is 17.6 Å². The Morgan fingerprint density at radius 3 is 2.61 bits per heavy atom. The van der Waals surface area contributed by atoms with Crippen LogP contribution in [0.1, 0.15) is 0 Å². The molecule has 0 bridgehead atoms. The number of fused-ring (bicyclic) bond motifs is 1. The molecule has 2 heterocycles. The van der Waals surface area contributed by atoms with Gasteiger partial charge in [0, 0.05) is 6.54 Å². The minimum Gasteiger partial charge on any atom is -0.377 e. The van der Waals surface area contributed by atoms with Gasteiger partial charge in [-0.1, -0.05) is 0 Å².